The van der Waals surface area contributed by atoms with Gasteiger partial charge < -0.3 is 10.2 Å². The maximum atomic E-state index is 4.74. The highest BCUT2D eigenvalue weighted by Crippen LogP contribution is 2.45. The van der Waals surface area contributed by atoms with Crippen molar-refractivity contribution in [3.63, 3.8) is 0 Å². The molecule has 3 fully saturated rings. The van der Waals surface area contributed by atoms with Crippen LogP contribution in [0.4, 0.5) is 5.95 Å². The van der Waals surface area contributed by atoms with Crippen LogP contribution in [-0.4, -0.2) is 40.9 Å². The molecule has 3 heterocycles. The summed E-state index contributed by atoms with van der Waals surface area (Å²) in [5, 5.41) is 11.1. The van der Waals surface area contributed by atoms with Gasteiger partial charge in [0.25, 0.3) is 0 Å². The van der Waals surface area contributed by atoms with Crippen LogP contribution in [0.5, 0.6) is 0 Å². The second kappa shape index (κ2) is 3.95. The van der Waals surface area contributed by atoms with Crippen LogP contribution in [-0.2, 0) is 0 Å². The first-order valence-corrected chi connectivity index (χ1v) is 7.22. The number of aromatic amines is 1. The van der Waals surface area contributed by atoms with Gasteiger partial charge in [0.2, 0.25) is 5.95 Å². The SMILES string of the molecule is CC1CC1c1nc(N2CCCC3CNCC32)n[nH]1. The molecule has 4 atom stereocenters. The molecule has 1 saturated carbocycles. The molecule has 5 heteroatoms. The fraction of sp³-hybridized carbons (Fsp3) is 0.846. The minimum atomic E-state index is 0.610. The lowest BCUT2D eigenvalue weighted by Crippen LogP contribution is -2.45. The fourth-order valence-electron chi connectivity index (χ4n) is 3.58. The molecule has 2 saturated heterocycles. The Kier molecular flexibility index (Phi) is 2.37. The molecule has 4 unspecified atom stereocenters. The molecule has 2 aliphatic heterocycles. The van der Waals surface area contributed by atoms with Crippen molar-refractivity contribution in [3.05, 3.63) is 5.82 Å². The number of H-pyrrole nitrogens is 1. The van der Waals surface area contributed by atoms with E-state index in [1.54, 1.807) is 0 Å². The Morgan fingerprint density at radius 3 is 3.06 bits per heavy atom. The van der Waals surface area contributed by atoms with Crippen molar-refractivity contribution >= 4 is 5.95 Å². The Balaban J connectivity index is 1.56. The summed E-state index contributed by atoms with van der Waals surface area (Å²) in [4.78, 5) is 7.16. The average Bonchev–Trinajstić information content (AvgIpc) is 2.88. The molecule has 18 heavy (non-hydrogen) atoms. The number of hydrogen-bond acceptors (Lipinski definition) is 4. The number of hydrogen-bond donors (Lipinski definition) is 2. The topological polar surface area (TPSA) is 56.8 Å². The van der Waals surface area contributed by atoms with Crippen molar-refractivity contribution in [2.75, 3.05) is 24.5 Å². The normalized spacial score (nSPS) is 38.8. The summed E-state index contributed by atoms with van der Waals surface area (Å²) in [7, 11) is 0. The molecule has 1 aliphatic carbocycles. The van der Waals surface area contributed by atoms with Crippen molar-refractivity contribution in [2.45, 2.75) is 38.1 Å². The van der Waals surface area contributed by atoms with Crippen molar-refractivity contribution in [3.8, 4) is 0 Å². The summed E-state index contributed by atoms with van der Waals surface area (Å²) >= 11 is 0. The zero-order chi connectivity index (χ0) is 12.1. The van der Waals surface area contributed by atoms with Gasteiger partial charge >= 0.3 is 0 Å². The highest BCUT2D eigenvalue weighted by Gasteiger charge is 2.39. The van der Waals surface area contributed by atoms with Crippen LogP contribution in [0.15, 0.2) is 0 Å². The molecule has 98 valence electrons. The third-order valence-corrected chi connectivity index (χ3v) is 4.89. The van der Waals surface area contributed by atoms with E-state index in [0.29, 0.717) is 12.0 Å². The Morgan fingerprint density at radius 1 is 1.33 bits per heavy atom. The van der Waals surface area contributed by atoms with Crippen LogP contribution >= 0.6 is 0 Å². The van der Waals surface area contributed by atoms with Gasteiger partial charge in [-0.25, -0.2) is 0 Å². The summed E-state index contributed by atoms with van der Waals surface area (Å²) in [5.41, 5.74) is 0. The lowest BCUT2D eigenvalue weighted by atomic mass is 9.92. The summed E-state index contributed by atoms with van der Waals surface area (Å²) in [5.74, 6) is 4.25. The molecule has 1 aromatic rings. The van der Waals surface area contributed by atoms with Gasteiger partial charge in [-0.15, -0.1) is 5.10 Å². The van der Waals surface area contributed by atoms with Crippen LogP contribution in [0.25, 0.3) is 0 Å². The standard InChI is InChI=1S/C13H21N5/c1-8-5-10(8)12-15-13(17-16-12)18-4-2-3-9-6-14-7-11(9)18/h8-11,14H,2-7H2,1H3,(H,15,16,17). The van der Waals surface area contributed by atoms with Gasteiger partial charge in [0.05, 0.1) is 0 Å². The van der Waals surface area contributed by atoms with Gasteiger partial charge in [-0.3, -0.25) is 5.10 Å². The first-order valence-electron chi connectivity index (χ1n) is 7.22. The van der Waals surface area contributed by atoms with Gasteiger partial charge in [0, 0.05) is 31.6 Å². The van der Waals surface area contributed by atoms with Crippen molar-refractivity contribution in [1.82, 2.24) is 20.5 Å². The maximum absolute atomic E-state index is 4.74. The van der Waals surface area contributed by atoms with Gasteiger partial charge in [-0.1, -0.05) is 6.92 Å². The van der Waals surface area contributed by atoms with Crippen LogP contribution < -0.4 is 10.2 Å². The first kappa shape index (κ1) is 10.8. The Labute approximate surface area is 107 Å². The molecule has 2 N–H and O–H groups in total. The van der Waals surface area contributed by atoms with E-state index in [2.05, 4.69) is 27.3 Å². The molecule has 0 aromatic carbocycles. The Bertz CT molecular complexity index is 442. The van der Waals surface area contributed by atoms with Gasteiger partial charge in [-0.05, 0) is 31.1 Å². The fourth-order valence-corrected chi connectivity index (χ4v) is 3.58. The molecule has 1 aromatic heterocycles. The van der Waals surface area contributed by atoms with Crippen molar-refractivity contribution in [1.29, 1.82) is 0 Å². The summed E-state index contributed by atoms with van der Waals surface area (Å²) in [6, 6.07) is 0.610. The van der Waals surface area contributed by atoms with Gasteiger partial charge in [0.15, 0.2) is 0 Å². The molecular weight excluding hydrogens is 226 g/mol. The van der Waals surface area contributed by atoms with Crippen LogP contribution in [0.2, 0.25) is 0 Å². The van der Waals surface area contributed by atoms with Crippen molar-refractivity contribution in [2.24, 2.45) is 11.8 Å². The first-order chi connectivity index (χ1) is 8.83. The monoisotopic (exact) mass is 247 g/mol. The minimum absolute atomic E-state index is 0.610. The predicted molar refractivity (Wildman–Crippen MR) is 69.6 cm³/mol. The number of nitrogens with one attached hydrogen (secondary N) is 2. The smallest absolute Gasteiger partial charge is 0.245 e. The predicted octanol–water partition coefficient (Wildman–Crippen LogP) is 1.12. The Hall–Kier alpha value is -1.10. The van der Waals surface area contributed by atoms with E-state index in [9.17, 15) is 0 Å². The van der Waals surface area contributed by atoms with Gasteiger partial charge in [0.1, 0.15) is 5.82 Å². The third-order valence-electron chi connectivity index (χ3n) is 4.89. The van der Waals surface area contributed by atoms with Crippen LogP contribution in [0.3, 0.4) is 0 Å². The van der Waals surface area contributed by atoms with E-state index in [-0.39, 0.29) is 0 Å². The number of aromatic nitrogens is 3. The molecule has 5 nitrogen and oxygen atoms in total. The number of fused-ring (bicyclic) bond motifs is 1. The summed E-state index contributed by atoms with van der Waals surface area (Å²) in [6.45, 7) is 5.65. The lowest BCUT2D eigenvalue weighted by molar-refractivity contribution is 0.381. The second-order valence-corrected chi connectivity index (χ2v) is 6.16. The van der Waals surface area contributed by atoms with E-state index in [4.69, 9.17) is 4.98 Å². The van der Waals surface area contributed by atoms with E-state index >= 15 is 0 Å². The molecule has 0 bridgehead atoms. The third kappa shape index (κ3) is 1.64. The van der Waals surface area contributed by atoms with Crippen LogP contribution in [0.1, 0.15) is 37.9 Å². The molecule has 0 spiro atoms. The Morgan fingerprint density at radius 2 is 2.22 bits per heavy atom. The van der Waals surface area contributed by atoms with E-state index in [0.717, 1.165) is 43.2 Å². The molecule has 4 rings (SSSR count). The van der Waals surface area contributed by atoms with Gasteiger partial charge in [-0.2, -0.15) is 4.98 Å². The average molecular weight is 247 g/mol. The molecular formula is C13H21N5. The zero-order valence-corrected chi connectivity index (χ0v) is 10.9. The second-order valence-electron chi connectivity index (χ2n) is 6.16. The highest BCUT2D eigenvalue weighted by molar-refractivity contribution is 5.34. The zero-order valence-electron chi connectivity index (χ0n) is 10.9. The number of piperidine rings is 1. The molecule has 0 amide bonds. The molecule has 0 radical (unpaired) electrons. The largest absolute Gasteiger partial charge is 0.335 e. The number of nitrogens with zero attached hydrogens (tertiary/aromatic N) is 3. The maximum Gasteiger partial charge on any atom is 0.245 e. The minimum Gasteiger partial charge on any atom is -0.335 e. The summed E-state index contributed by atoms with van der Waals surface area (Å²) < 4.78 is 0. The number of rotatable bonds is 2. The van der Waals surface area contributed by atoms with Crippen molar-refractivity contribution < 1.29 is 0 Å². The quantitative estimate of drug-likeness (QED) is 0.822. The highest BCUT2D eigenvalue weighted by atomic mass is 15.4. The van der Waals surface area contributed by atoms with E-state index in [1.807, 2.05) is 0 Å². The van der Waals surface area contributed by atoms with E-state index in [1.165, 1.54) is 19.3 Å². The lowest BCUT2D eigenvalue weighted by Gasteiger charge is -2.36. The van der Waals surface area contributed by atoms with E-state index < -0.39 is 0 Å². The number of anilines is 1. The molecule has 3 aliphatic rings. The van der Waals surface area contributed by atoms with Crippen LogP contribution in [0, 0.1) is 11.8 Å². The summed E-state index contributed by atoms with van der Waals surface area (Å²) in [6.07, 6.45) is 3.89.